The van der Waals surface area contributed by atoms with Gasteiger partial charge in [0.25, 0.3) is 0 Å². The number of hydrogen-bond donors (Lipinski definition) is 1. The average Bonchev–Trinajstić information content (AvgIpc) is 2.30. The third-order valence-electron chi connectivity index (χ3n) is 2.29. The van der Waals surface area contributed by atoms with Gasteiger partial charge in [0, 0.05) is 11.6 Å². The highest BCUT2D eigenvalue weighted by molar-refractivity contribution is 5.67. The van der Waals surface area contributed by atoms with Crippen LogP contribution in [-0.4, -0.2) is 5.11 Å². The summed E-state index contributed by atoms with van der Waals surface area (Å²) in [6.45, 7) is 0. The molecule has 0 aliphatic carbocycles. The smallest absolute Gasteiger partial charge is 0.136 e. The molecule has 16 heavy (non-hydrogen) atoms. The van der Waals surface area contributed by atoms with Gasteiger partial charge in [-0.1, -0.05) is 30.3 Å². The monoisotopic (exact) mass is 213 g/mol. The highest BCUT2D eigenvalue weighted by Gasteiger charge is 2.10. The summed E-state index contributed by atoms with van der Waals surface area (Å²) < 4.78 is 13.6. The van der Waals surface area contributed by atoms with Crippen molar-refractivity contribution >= 4 is 0 Å². The molecule has 0 amide bonds. The van der Waals surface area contributed by atoms with Gasteiger partial charge in [-0.25, -0.2) is 4.39 Å². The first-order valence-corrected chi connectivity index (χ1v) is 4.70. The minimum atomic E-state index is -0.539. The van der Waals surface area contributed by atoms with E-state index in [-0.39, 0.29) is 11.3 Å². The molecule has 0 aromatic heterocycles. The van der Waals surface area contributed by atoms with Crippen molar-refractivity contribution in [3.05, 3.63) is 53.8 Å². The van der Waals surface area contributed by atoms with Crippen LogP contribution >= 0.6 is 0 Å². The first kappa shape index (κ1) is 10.2. The van der Waals surface area contributed by atoms with Crippen molar-refractivity contribution in [1.82, 2.24) is 0 Å². The molecular weight excluding hydrogens is 205 g/mol. The molecule has 0 aliphatic heterocycles. The third kappa shape index (κ3) is 1.73. The van der Waals surface area contributed by atoms with Crippen molar-refractivity contribution in [3.8, 4) is 22.9 Å². The number of halogens is 1. The predicted molar refractivity (Wildman–Crippen MR) is 58.2 cm³/mol. The Morgan fingerprint density at radius 3 is 2.44 bits per heavy atom. The van der Waals surface area contributed by atoms with Crippen LogP contribution in [0, 0.1) is 17.1 Å². The Labute approximate surface area is 92.2 Å². The van der Waals surface area contributed by atoms with E-state index in [1.165, 1.54) is 6.07 Å². The van der Waals surface area contributed by atoms with Crippen molar-refractivity contribution in [2.24, 2.45) is 0 Å². The Balaban J connectivity index is 2.63. The molecule has 2 aromatic rings. The van der Waals surface area contributed by atoms with Gasteiger partial charge < -0.3 is 5.11 Å². The Hall–Kier alpha value is -2.34. The molecule has 0 fully saturated rings. The summed E-state index contributed by atoms with van der Waals surface area (Å²) in [6, 6.07) is 13.0. The van der Waals surface area contributed by atoms with E-state index in [1.807, 2.05) is 12.1 Å². The summed E-state index contributed by atoms with van der Waals surface area (Å²) in [7, 11) is 0. The lowest BCUT2D eigenvalue weighted by Gasteiger charge is -2.05. The Morgan fingerprint density at radius 2 is 1.81 bits per heavy atom. The standard InChI is InChI=1S/C13H8FNO/c14-12-7-13(16)10(8-15)6-11(12)9-4-2-1-3-5-9/h1-7,16H. The summed E-state index contributed by atoms with van der Waals surface area (Å²) in [5, 5.41) is 18.0. The highest BCUT2D eigenvalue weighted by Crippen LogP contribution is 2.28. The van der Waals surface area contributed by atoms with Crippen LogP contribution in [0.1, 0.15) is 5.56 Å². The second-order valence-corrected chi connectivity index (χ2v) is 3.33. The van der Waals surface area contributed by atoms with Crippen molar-refractivity contribution in [1.29, 1.82) is 5.26 Å². The number of phenols is 1. The highest BCUT2D eigenvalue weighted by atomic mass is 19.1. The molecule has 78 valence electrons. The van der Waals surface area contributed by atoms with E-state index in [4.69, 9.17) is 5.26 Å². The minimum Gasteiger partial charge on any atom is -0.506 e. The van der Waals surface area contributed by atoms with Crippen LogP contribution in [0.3, 0.4) is 0 Å². The van der Waals surface area contributed by atoms with Gasteiger partial charge in [-0.2, -0.15) is 5.26 Å². The lowest BCUT2D eigenvalue weighted by atomic mass is 10.0. The molecule has 0 aliphatic rings. The molecule has 0 unspecified atom stereocenters. The molecular formula is C13H8FNO. The maximum absolute atomic E-state index is 13.6. The molecule has 0 atom stereocenters. The number of rotatable bonds is 1. The fraction of sp³-hybridized carbons (Fsp3) is 0. The molecule has 0 saturated heterocycles. The van der Waals surface area contributed by atoms with E-state index in [1.54, 1.807) is 24.3 Å². The van der Waals surface area contributed by atoms with Crippen LogP contribution in [0.4, 0.5) is 4.39 Å². The molecule has 0 radical (unpaired) electrons. The zero-order valence-electron chi connectivity index (χ0n) is 8.31. The van der Waals surface area contributed by atoms with E-state index in [0.29, 0.717) is 11.1 Å². The van der Waals surface area contributed by atoms with Crippen LogP contribution in [0.5, 0.6) is 5.75 Å². The van der Waals surface area contributed by atoms with Gasteiger partial charge >= 0.3 is 0 Å². The summed E-state index contributed by atoms with van der Waals surface area (Å²) in [6.07, 6.45) is 0. The Morgan fingerprint density at radius 1 is 1.12 bits per heavy atom. The SMILES string of the molecule is N#Cc1cc(-c2ccccc2)c(F)cc1O. The van der Waals surface area contributed by atoms with Gasteiger partial charge in [0.15, 0.2) is 0 Å². The number of phenolic OH excluding ortho intramolecular Hbond substituents is 1. The number of benzene rings is 2. The maximum Gasteiger partial charge on any atom is 0.136 e. The topological polar surface area (TPSA) is 44.0 Å². The molecule has 2 nitrogen and oxygen atoms in total. The second kappa shape index (κ2) is 4.03. The molecule has 0 spiro atoms. The van der Waals surface area contributed by atoms with Gasteiger partial charge in [0.05, 0.1) is 5.56 Å². The van der Waals surface area contributed by atoms with Gasteiger partial charge in [0.2, 0.25) is 0 Å². The van der Waals surface area contributed by atoms with Crippen LogP contribution in [0.25, 0.3) is 11.1 Å². The van der Waals surface area contributed by atoms with Crippen molar-refractivity contribution in [2.75, 3.05) is 0 Å². The third-order valence-corrected chi connectivity index (χ3v) is 2.29. The van der Waals surface area contributed by atoms with E-state index < -0.39 is 5.82 Å². The van der Waals surface area contributed by atoms with E-state index >= 15 is 0 Å². The summed E-state index contributed by atoms with van der Waals surface area (Å²) in [5.74, 6) is -0.873. The molecule has 1 N–H and O–H groups in total. The number of nitrogens with zero attached hydrogens (tertiary/aromatic N) is 1. The van der Waals surface area contributed by atoms with Crippen LogP contribution in [-0.2, 0) is 0 Å². The first-order valence-electron chi connectivity index (χ1n) is 4.70. The zero-order chi connectivity index (χ0) is 11.5. The summed E-state index contributed by atoms with van der Waals surface area (Å²) >= 11 is 0. The largest absolute Gasteiger partial charge is 0.506 e. The quantitative estimate of drug-likeness (QED) is 0.791. The molecule has 2 rings (SSSR count). The maximum atomic E-state index is 13.6. The predicted octanol–water partition coefficient (Wildman–Crippen LogP) is 3.07. The Bertz CT molecular complexity index is 558. The average molecular weight is 213 g/mol. The van der Waals surface area contributed by atoms with Crippen molar-refractivity contribution in [3.63, 3.8) is 0 Å². The molecule has 0 heterocycles. The molecule has 0 bridgehead atoms. The lowest BCUT2D eigenvalue weighted by Crippen LogP contribution is -1.87. The summed E-state index contributed by atoms with van der Waals surface area (Å²) in [4.78, 5) is 0. The first-order chi connectivity index (χ1) is 7.72. The van der Waals surface area contributed by atoms with E-state index in [0.717, 1.165) is 6.07 Å². The van der Waals surface area contributed by atoms with E-state index in [2.05, 4.69) is 0 Å². The zero-order valence-corrected chi connectivity index (χ0v) is 8.31. The van der Waals surface area contributed by atoms with Crippen LogP contribution in [0.15, 0.2) is 42.5 Å². The number of nitriles is 1. The Kier molecular flexibility index (Phi) is 2.57. The van der Waals surface area contributed by atoms with Crippen molar-refractivity contribution in [2.45, 2.75) is 0 Å². The van der Waals surface area contributed by atoms with Gasteiger partial charge in [-0.3, -0.25) is 0 Å². The molecule has 2 aromatic carbocycles. The van der Waals surface area contributed by atoms with Gasteiger partial charge in [-0.05, 0) is 11.6 Å². The van der Waals surface area contributed by atoms with Crippen LogP contribution < -0.4 is 0 Å². The van der Waals surface area contributed by atoms with E-state index in [9.17, 15) is 9.50 Å². The number of aromatic hydroxyl groups is 1. The fourth-order valence-electron chi connectivity index (χ4n) is 1.49. The number of hydrogen-bond acceptors (Lipinski definition) is 2. The molecule has 0 saturated carbocycles. The fourth-order valence-corrected chi connectivity index (χ4v) is 1.49. The van der Waals surface area contributed by atoms with Crippen LogP contribution in [0.2, 0.25) is 0 Å². The van der Waals surface area contributed by atoms with Crippen molar-refractivity contribution < 1.29 is 9.50 Å². The lowest BCUT2D eigenvalue weighted by molar-refractivity contribution is 0.467. The van der Waals surface area contributed by atoms with Gasteiger partial charge in [0.1, 0.15) is 17.6 Å². The minimum absolute atomic E-state index is 0.0697. The second-order valence-electron chi connectivity index (χ2n) is 3.33. The summed E-state index contributed by atoms with van der Waals surface area (Å²) in [5.41, 5.74) is 1.06. The normalized spacial score (nSPS) is 9.75. The molecule has 3 heteroatoms. The van der Waals surface area contributed by atoms with Gasteiger partial charge in [-0.15, -0.1) is 0 Å².